The molecule has 4 fully saturated rings. The number of hydrogen-bond donors (Lipinski definition) is 4. The number of fused-ring (bicyclic) bond motifs is 5. The first-order chi connectivity index (χ1) is 19.6. The van der Waals surface area contributed by atoms with Gasteiger partial charge in [-0.15, -0.1) is 0 Å². The van der Waals surface area contributed by atoms with E-state index in [9.17, 15) is 22.9 Å². The molecule has 42 heavy (non-hydrogen) atoms. The molecule has 4 aliphatic carbocycles. The normalized spacial score (nSPS) is 39.2. The highest BCUT2D eigenvalue weighted by Gasteiger charge is 2.62. The first kappa shape index (κ1) is 34.3. The van der Waals surface area contributed by atoms with E-state index in [4.69, 9.17) is 14.5 Å². The van der Waals surface area contributed by atoms with Gasteiger partial charge in [-0.3, -0.25) is 9.32 Å². The van der Waals surface area contributed by atoms with Gasteiger partial charge in [0.1, 0.15) is 0 Å². The van der Waals surface area contributed by atoms with Crippen molar-refractivity contribution < 1.29 is 46.1 Å². The lowest BCUT2D eigenvalue weighted by molar-refractivity contribution is -0.178. The lowest BCUT2D eigenvalue weighted by Crippen LogP contribution is -2.58. The third kappa shape index (κ3) is 7.61. The molecule has 0 bridgehead atoms. The smallest absolute Gasteiger partial charge is 0.393 e. The first-order valence-corrected chi connectivity index (χ1v) is 18.8. The highest BCUT2D eigenvalue weighted by atomic mass is 32.2. The van der Waals surface area contributed by atoms with Crippen LogP contribution in [0, 0.1) is 46.3 Å². The molecule has 0 heterocycles. The molecule has 0 aromatic carbocycles. The highest BCUT2D eigenvalue weighted by molar-refractivity contribution is 7.86. The molecular formula is C29H52NO10PS. The highest BCUT2D eigenvalue weighted by Crippen LogP contribution is 2.68. The lowest BCUT2D eigenvalue weighted by atomic mass is 9.43. The fourth-order valence-electron chi connectivity index (χ4n) is 9.73. The molecule has 4 aliphatic rings. The van der Waals surface area contributed by atoms with Crippen molar-refractivity contribution in [3.05, 3.63) is 0 Å². The second-order valence-electron chi connectivity index (χ2n) is 13.9. The molecule has 4 N–H and O–H groups in total. The number of phosphoric acid groups is 1. The molecular weight excluding hydrogens is 585 g/mol. The standard InChI is InChI=1S/C29H52NO10PS/c1-5-38-21-10-12-28(3)20(16-21)17-25(31)27-23-8-7-22(29(23,4)13-11-24(27)28)19(2)6-9-26(32)30-14-15-42(36,37)40-18-39-41(33,34)35/h19-25,27,31H,5-18H2,1-4H3,(H,30,32)(H2,33,34,35). The van der Waals surface area contributed by atoms with Gasteiger partial charge in [-0.1, -0.05) is 20.8 Å². The van der Waals surface area contributed by atoms with Crippen LogP contribution in [-0.2, 0) is 32.9 Å². The topological polar surface area (TPSA) is 169 Å². The Morgan fingerprint density at radius 3 is 2.45 bits per heavy atom. The Kier molecular flexibility index (Phi) is 10.9. The Morgan fingerprint density at radius 1 is 1.07 bits per heavy atom. The molecule has 0 aliphatic heterocycles. The van der Waals surface area contributed by atoms with Crippen LogP contribution in [0.25, 0.3) is 0 Å². The molecule has 13 heteroatoms. The number of rotatable bonds is 13. The summed E-state index contributed by atoms with van der Waals surface area (Å²) in [6.07, 6.45) is 9.85. The third-order valence-corrected chi connectivity index (χ3v) is 13.3. The van der Waals surface area contributed by atoms with Gasteiger partial charge in [0.25, 0.3) is 10.1 Å². The SMILES string of the molecule is CCOC1CCC2(C)C(C1)CC(O)C1C2CCC2(C)C(C(C)CCC(=O)NCCS(=O)(=O)OCOP(=O)(O)O)CCC12. The van der Waals surface area contributed by atoms with Crippen molar-refractivity contribution in [2.75, 3.05) is 25.7 Å². The molecule has 1 amide bonds. The van der Waals surface area contributed by atoms with Crippen LogP contribution in [0.3, 0.4) is 0 Å². The molecule has 244 valence electrons. The van der Waals surface area contributed by atoms with Crippen molar-refractivity contribution in [3.63, 3.8) is 0 Å². The number of aliphatic hydroxyl groups is 1. The van der Waals surface area contributed by atoms with E-state index in [0.29, 0.717) is 48.0 Å². The molecule has 0 aromatic heterocycles. The van der Waals surface area contributed by atoms with E-state index in [-0.39, 0.29) is 35.8 Å². The fraction of sp³-hybridized carbons (Fsp3) is 0.966. The zero-order valence-electron chi connectivity index (χ0n) is 25.6. The van der Waals surface area contributed by atoms with Crippen molar-refractivity contribution in [1.82, 2.24) is 5.32 Å². The monoisotopic (exact) mass is 637 g/mol. The Hall–Kier alpha value is -0.590. The summed E-state index contributed by atoms with van der Waals surface area (Å²) in [6.45, 7) is 8.70. The number of phosphoric ester groups is 1. The van der Waals surface area contributed by atoms with Gasteiger partial charge in [0, 0.05) is 19.6 Å². The minimum absolute atomic E-state index is 0.143. The molecule has 10 atom stereocenters. The first-order valence-electron chi connectivity index (χ1n) is 15.7. The molecule has 11 nitrogen and oxygen atoms in total. The second kappa shape index (κ2) is 13.4. The quantitative estimate of drug-likeness (QED) is 0.132. The summed E-state index contributed by atoms with van der Waals surface area (Å²) in [5.74, 6) is 1.94. The van der Waals surface area contributed by atoms with E-state index >= 15 is 0 Å². The average Bonchev–Trinajstić information content (AvgIpc) is 3.24. The van der Waals surface area contributed by atoms with Crippen LogP contribution >= 0.6 is 7.82 Å². The maximum Gasteiger partial charge on any atom is 0.471 e. The zero-order chi connectivity index (χ0) is 30.9. The molecule has 0 saturated heterocycles. The van der Waals surface area contributed by atoms with E-state index in [1.165, 1.54) is 6.42 Å². The van der Waals surface area contributed by atoms with Crippen LogP contribution in [0.5, 0.6) is 0 Å². The van der Waals surface area contributed by atoms with Gasteiger partial charge in [-0.05, 0) is 111 Å². The van der Waals surface area contributed by atoms with Gasteiger partial charge in [0.15, 0.2) is 6.79 Å². The van der Waals surface area contributed by atoms with E-state index in [0.717, 1.165) is 51.6 Å². The minimum atomic E-state index is -4.84. The molecule has 0 radical (unpaired) electrons. The number of amides is 1. The van der Waals surface area contributed by atoms with Crippen molar-refractivity contribution in [3.8, 4) is 0 Å². The second-order valence-corrected chi connectivity index (χ2v) is 16.9. The Balaban J connectivity index is 1.27. The molecule has 10 unspecified atom stereocenters. The number of ether oxygens (including phenoxy) is 1. The predicted octanol–water partition coefficient (Wildman–Crippen LogP) is 3.97. The van der Waals surface area contributed by atoms with Crippen LogP contribution in [0.1, 0.15) is 91.9 Å². The van der Waals surface area contributed by atoms with Gasteiger partial charge >= 0.3 is 7.82 Å². The van der Waals surface area contributed by atoms with E-state index < -0.39 is 30.5 Å². The molecule has 0 aromatic rings. The van der Waals surface area contributed by atoms with E-state index in [1.807, 2.05) is 0 Å². The number of hydrogen-bond acceptors (Lipinski definition) is 8. The van der Waals surface area contributed by atoms with Crippen LogP contribution < -0.4 is 5.32 Å². The maximum absolute atomic E-state index is 12.5. The predicted molar refractivity (Wildman–Crippen MR) is 156 cm³/mol. The van der Waals surface area contributed by atoms with Gasteiger partial charge in [0.2, 0.25) is 5.91 Å². The Labute approximate surface area is 251 Å². The number of aliphatic hydroxyl groups excluding tert-OH is 1. The number of carbonyl (C=O) groups excluding carboxylic acids is 1. The summed E-state index contributed by atoms with van der Waals surface area (Å²) >= 11 is 0. The van der Waals surface area contributed by atoms with Crippen molar-refractivity contribution in [2.45, 2.75) is 104 Å². The van der Waals surface area contributed by atoms with Gasteiger partial charge in [-0.2, -0.15) is 8.42 Å². The number of carbonyl (C=O) groups is 1. The maximum atomic E-state index is 12.5. The van der Waals surface area contributed by atoms with Crippen LogP contribution in [0.15, 0.2) is 0 Å². The molecule has 4 saturated carbocycles. The Bertz CT molecular complexity index is 1100. The third-order valence-electron chi connectivity index (χ3n) is 11.7. The largest absolute Gasteiger partial charge is 0.471 e. The van der Waals surface area contributed by atoms with Crippen LogP contribution in [-0.4, -0.2) is 67.1 Å². The summed E-state index contributed by atoms with van der Waals surface area (Å²) in [6, 6.07) is 0. The summed E-state index contributed by atoms with van der Waals surface area (Å²) < 4.78 is 48.7. The van der Waals surface area contributed by atoms with E-state index in [1.54, 1.807) is 0 Å². The van der Waals surface area contributed by atoms with Gasteiger partial charge < -0.3 is 24.9 Å². The van der Waals surface area contributed by atoms with Crippen molar-refractivity contribution in [2.24, 2.45) is 46.3 Å². The lowest BCUT2D eigenvalue weighted by Gasteiger charge is -2.62. The minimum Gasteiger partial charge on any atom is -0.393 e. The van der Waals surface area contributed by atoms with Crippen LogP contribution in [0.4, 0.5) is 0 Å². The Morgan fingerprint density at radius 2 is 1.76 bits per heavy atom. The summed E-state index contributed by atoms with van der Waals surface area (Å²) in [7, 11) is -8.94. The average molecular weight is 638 g/mol. The number of nitrogens with one attached hydrogen (secondary N) is 1. The summed E-state index contributed by atoms with van der Waals surface area (Å²) in [4.78, 5) is 29.7. The zero-order valence-corrected chi connectivity index (χ0v) is 27.3. The van der Waals surface area contributed by atoms with Crippen molar-refractivity contribution >= 4 is 23.8 Å². The summed E-state index contributed by atoms with van der Waals surface area (Å²) in [5, 5.41) is 14.2. The van der Waals surface area contributed by atoms with Gasteiger partial charge in [0.05, 0.1) is 18.0 Å². The van der Waals surface area contributed by atoms with Gasteiger partial charge in [-0.25, -0.2) is 8.75 Å². The molecule has 4 rings (SSSR count). The van der Waals surface area contributed by atoms with Crippen molar-refractivity contribution in [1.29, 1.82) is 0 Å². The molecule has 0 spiro atoms. The van der Waals surface area contributed by atoms with E-state index in [2.05, 4.69) is 41.7 Å². The fourth-order valence-corrected chi connectivity index (χ4v) is 10.7. The summed E-state index contributed by atoms with van der Waals surface area (Å²) in [5.41, 5.74) is 0.413. The van der Waals surface area contributed by atoms with Crippen LogP contribution in [0.2, 0.25) is 0 Å².